The molecule has 3 aliphatic heterocycles. The maximum atomic E-state index is 6.85. The van der Waals surface area contributed by atoms with Gasteiger partial charge in [-0.2, -0.15) is 0 Å². The van der Waals surface area contributed by atoms with Gasteiger partial charge in [-0.15, -0.1) is 0 Å². The van der Waals surface area contributed by atoms with Crippen molar-refractivity contribution in [3.63, 3.8) is 0 Å². The summed E-state index contributed by atoms with van der Waals surface area (Å²) < 4.78 is 19.8. The normalized spacial score (nSPS) is 14.5. The van der Waals surface area contributed by atoms with Crippen LogP contribution in [0, 0.1) is 0 Å². The van der Waals surface area contributed by atoms with Gasteiger partial charge in [0.1, 0.15) is 34.5 Å². The number of rotatable bonds is 8. The lowest BCUT2D eigenvalue weighted by molar-refractivity contribution is 0.239. The third-order valence-corrected chi connectivity index (χ3v) is 17.9. The van der Waals surface area contributed by atoms with Gasteiger partial charge in [-0.1, -0.05) is 165 Å². The maximum absolute atomic E-state index is 6.85. The summed E-state index contributed by atoms with van der Waals surface area (Å²) in [6, 6.07) is 85.0. The number of hydrogen-bond acceptors (Lipinski definition) is 6. The molecule has 0 saturated carbocycles. The highest BCUT2D eigenvalue weighted by atomic mass is 16.5. The van der Waals surface area contributed by atoms with Crippen LogP contribution < -0.4 is 35.8 Å². The first-order chi connectivity index (χ1) is 41.0. The standard InChI is InChI=1S/C78H68BN3O3/c1-76(2,3)55-27-36-59(37-28-55)80(58-32-22-49(23-33-58)72-43-51-16-10-13-19-69(51)83-72)62-47-67-75-68(48-62)82(61-38-29-56(30-39-61)77(4,5)6)66-41-31-57(78(7,8)9)46-64(66)79(75)63-42-54(74-45-53-18-12-15-21-71(53)85-74)26-40-65(63)81(67)60-34-24-50(25-35-60)73-44-52-17-11-14-20-70(52)84-73/h10-44,46-48,74H,45H2,1-9H3. The van der Waals surface area contributed by atoms with E-state index < -0.39 is 0 Å². The van der Waals surface area contributed by atoms with Crippen LogP contribution in [-0.2, 0) is 22.7 Å². The molecule has 1 unspecified atom stereocenters. The summed E-state index contributed by atoms with van der Waals surface area (Å²) >= 11 is 0. The first kappa shape index (κ1) is 52.4. The van der Waals surface area contributed by atoms with Crippen molar-refractivity contribution in [2.75, 3.05) is 14.7 Å². The SMILES string of the molecule is CC(C)(C)c1ccc(N(c2ccc(-c3cc4ccccc4o3)cc2)c2cc3c4c(c2)N(c2ccc(C(C)(C)C)cc2)c2ccc(C(C)(C)C)cc2B4c2cc(C4Cc5ccccc5O4)ccc2N3c2ccc(-c3cc4ccccc4o3)cc2)cc1. The molecule has 0 radical (unpaired) electrons. The Hall–Kier alpha value is -9.46. The smallest absolute Gasteiger partial charge is 0.252 e. The predicted molar refractivity (Wildman–Crippen MR) is 355 cm³/mol. The zero-order chi connectivity index (χ0) is 58.1. The van der Waals surface area contributed by atoms with Gasteiger partial charge in [0.2, 0.25) is 0 Å². The van der Waals surface area contributed by atoms with Gasteiger partial charge >= 0.3 is 0 Å². The Balaban J connectivity index is 0.998. The van der Waals surface area contributed by atoms with E-state index in [9.17, 15) is 0 Å². The highest BCUT2D eigenvalue weighted by Crippen LogP contribution is 2.50. The van der Waals surface area contributed by atoms with E-state index in [-0.39, 0.29) is 29.1 Å². The van der Waals surface area contributed by atoms with Crippen molar-refractivity contribution in [1.29, 1.82) is 0 Å². The van der Waals surface area contributed by atoms with E-state index in [4.69, 9.17) is 13.6 Å². The van der Waals surface area contributed by atoms with Gasteiger partial charge in [-0.3, -0.25) is 0 Å². The van der Waals surface area contributed by atoms with E-state index in [1.165, 1.54) is 44.2 Å². The molecule has 0 saturated heterocycles. The molecule has 0 amide bonds. The monoisotopic (exact) mass is 1110 g/mol. The molecule has 0 spiro atoms. The van der Waals surface area contributed by atoms with Crippen LogP contribution in [0.2, 0.25) is 0 Å². The lowest BCUT2D eigenvalue weighted by Gasteiger charge is -2.45. The molecule has 0 bridgehead atoms. The topological polar surface area (TPSA) is 45.2 Å². The largest absolute Gasteiger partial charge is 0.485 e. The fourth-order valence-electron chi connectivity index (χ4n) is 13.2. The minimum atomic E-state index is -0.145. The van der Waals surface area contributed by atoms with Crippen molar-refractivity contribution in [2.24, 2.45) is 0 Å². The predicted octanol–water partition coefficient (Wildman–Crippen LogP) is 19.6. The van der Waals surface area contributed by atoms with E-state index in [2.05, 4.69) is 283 Å². The summed E-state index contributed by atoms with van der Waals surface area (Å²) in [6.45, 7) is 20.6. The quantitative estimate of drug-likeness (QED) is 0.141. The summed E-state index contributed by atoms with van der Waals surface area (Å²) in [5.41, 5.74) is 23.4. The molecule has 5 heterocycles. The molecule has 7 heteroatoms. The van der Waals surface area contributed by atoms with Crippen LogP contribution in [0.15, 0.2) is 239 Å². The van der Waals surface area contributed by atoms with Crippen LogP contribution in [0.4, 0.5) is 51.2 Å². The molecule has 10 aromatic carbocycles. The molecule has 2 aromatic heterocycles. The summed E-state index contributed by atoms with van der Waals surface area (Å²) in [5.74, 6) is 2.64. The maximum Gasteiger partial charge on any atom is 0.252 e. The Morgan fingerprint density at radius 1 is 0.412 bits per heavy atom. The lowest BCUT2D eigenvalue weighted by atomic mass is 9.33. The number of hydrogen-bond donors (Lipinski definition) is 0. The van der Waals surface area contributed by atoms with Crippen molar-refractivity contribution in [2.45, 2.75) is 91.1 Å². The molecule has 15 rings (SSSR count). The third kappa shape index (κ3) is 9.11. The third-order valence-electron chi connectivity index (χ3n) is 17.9. The second-order valence-corrected chi connectivity index (χ2v) is 26.6. The molecule has 0 aliphatic carbocycles. The minimum Gasteiger partial charge on any atom is -0.485 e. The van der Waals surface area contributed by atoms with Crippen LogP contribution in [-0.4, -0.2) is 6.71 Å². The first-order valence-electron chi connectivity index (χ1n) is 30.0. The van der Waals surface area contributed by atoms with Gasteiger partial charge in [0.25, 0.3) is 6.71 Å². The van der Waals surface area contributed by atoms with Gasteiger partial charge in [-0.25, -0.2) is 0 Å². The van der Waals surface area contributed by atoms with Crippen LogP contribution in [0.1, 0.15) is 96.2 Å². The summed E-state index contributed by atoms with van der Waals surface area (Å²) in [5, 5.41) is 2.17. The van der Waals surface area contributed by atoms with Crippen molar-refractivity contribution in [1.82, 2.24) is 0 Å². The fraction of sp³-hybridized carbons (Fsp3) is 0.179. The average Bonchev–Trinajstić information content (AvgIpc) is 1.25. The van der Waals surface area contributed by atoms with E-state index in [1.807, 2.05) is 24.3 Å². The van der Waals surface area contributed by atoms with E-state index in [0.29, 0.717) is 0 Å². The van der Waals surface area contributed by atoms with Crippen LogP contribution >= 0.6 is 0 Å². The zero-order valence-corrected chi connectivity index (χ0v) is 49.9. The highest BCUT2D eigenvalue weighted by molar-refractivity contribution is 7.00. The van der Waals surface area contributed by atoms with Gasteiger partial charge in [0, 0.05) is 73.8 Å². The highest BCUT2D eigenvalue weighted by Gasteiger charge is 2.45. The molecule has 12 aromatic rings. The number of anilines is 9. The van der Waals surface area contributed by atoms with Crippen LogP contribution in [0.3, 0.4) is 0 Å². The first-order valence-corrected chi connectivity index (χ1v) is 30.0. The van der Waals surface area contributed by atoms with Crippen molar-refractivity contribution >= 4 is 96.2 Å². The Morgan fingerprint density at radius 3 is 1.41 bits per heavy atom. The molecule has 6 nitrogen and oxygen atoms in total. The Bertz CT molecular complexity index is 4460. The molecule has 1 atom stereocenters. The number of para-hydroxylation sites is 3. The second-order valence-electron chi connectivity index (χ2n) is 26.6. The number of fused-ring (bicyclic) bond motifs is 7. The van der Waals surface area contributed by atoms with Gasteiger partial charge in [0.15, 0.2) is 0 Å². The Labute approximate surface area is 499 Å². The van der Waals surface area contributed by atoms with Gasteiger partial charge < -0.3 is 28.3 Å². The molecule has 0 fully saturated rings. The Morgan fingerprint density at radius 2 is 0.871 bits per heavy atom. The van der Waals surface area contributed by atoms with Crippen LogP contribution in [0.5, 0.6) is 5.75 Å². The Kier molecular flexibility index (Phi) is 12.1. The number of furan rings is 2. The summed E-state index contributed by atoms with van der Waals surface area (Å²) in [7, 11) is 0. The van der Waals surface area contributed by atoms with E-state index in [1.54, 1.807) is 0 Å². The van der Waals surface area contributed by atoms with Crippen molar-refractivity contribution in [3.05, 3.63) is 258 Å². The number of ether oxygens (including phenoxy) is 1. The molecule has 0 N–H and O–H groups in total. The van der Waals surface area contributed by atoms with Crippen LogP contribution in [0.25, 0.3) is 44.6 Å². The molecular weight excluding hydrogens is 1040 g/mol. The summed E-state index contributed by atoms with van der Waals surface area (Å²) in [4.78, 5) is 7.51. The van der Waals surface area contributed by atoms with Crippen molar-refractivity contribution in [3.8, 4) is 28.4 Å². The molecule has 3 aliphatic rings. The fourth-order valence-corrected chi connectivity index (χ4v) is 13.2. The number of nitrogens with zero attached hydrogens (tertiary/aromatic N) is 3. The minimum absolute atomic E-state index is 0.0284. The molecule has 416 valence electrons. The molecular formula is C78H68BN3O3. The summed E-state index contributed by atoms with van der Waals surface area (Å²) in [6.07, 6.45) is 0.688. The second kappa shape index (κ2) is 19.6. The van der Waals surface area contributed by atoms with E-state index in [0.717, 1.165) is 108 Å². The molecule has 85 heavy (non-hydrogen) atoms. The lowest BCUT2D eigenvalue weighted by Crippen LogP contribution is -2.61. The van der Waals surface area contributed by atoms with E-state index >= 15 is 0 Å². The van der Waals surface area contributed by atoms with Gasteiger partial charge in [-0.05, 0) is 188 Å². The number of benzene rings is 10. The zero-order valence-electron chi connectivity index (χ0n) is 49.9. The average molecular weight is 1110 g/mol. The van der Waals surface area contributed by atoms with Gasteiger partial charge in [0.05, 0.1) is 5.69 Å². The van der Waals surface area contributed by atoms with Crippen molar-refractivity contribution < 1.29 is 13.6 Å².